The zero-order valence-electron chi connectivity index (χ0n) is 9.54. The van der Waals surface area contributed by atoms with Gasteiger partial charge < -0.3 is 9.47 Å². The van der Waals surface area contributed by atoms with E-state index in [1.165, 1.54) is 0 Å². The number of esters is 1. The summed E-state index contributed by atoms with van der Waals surface area (Å²) in [7, 11) is 0. The van der Waals surface area contributed by atoms with Crippen LogP contribution in [0.1, 0.15) is 46.5 Å². The van der Waals surface area contributed by atoms with E-state index in [0.29, 0.717) is 6.61 Å². The molecule has 0 rings (SSSR count). The molecule has 0 spiro atoms. The number of unbranched alkanes of at least 4 members (excludes halogenated alkanes) is 1. The summed E-state index contributed by atoms with van der Waals surface area (Å²) in [5, 5.41) is 0. The molecule has 3 heteroatoms. The number of ether oxygens (including phenoxy) is 2. The van der Waals surface area contributed by atoms with Gasteiger partial charge in [-0.05, 0) is 19.3 Å². The molecule has 0 saturated carbocycles. The van der Waals surface area contributed by atoms with Gasteiger partial charge in [0.05, 0.1) is 12.7 Å². The fourth-order valence-corrected chi connectivity index (χ4v) is 1.08. The Kier molecular flexibility index (Phi) is 8.64. The number of hydrogen-bond donors (Lipinski definition) is 0. The number of carbonyl (C=O) groups is 1. The van der Waals surface area contributed by atoms with Crippen LogP contribution in [0.3, 0.4) is 0 Å². The third kappa shape index (κ3) is 6.89. The van der Waals surface area contributed by atoms with Crippen LogP contribution in [0.5, 0.6) is 0 Å². The van der Waals surface area contributed by atoms with Gasteiger partial charge in [0.25, 0.3) is 0 Å². The van der Waals surface area contributed by atoms with Crippen LogP contribution in [0.4, 0.5) is 0 Å². The highest BCUT2D eigenvalue weighted by atomic mass is 16.6. The Labute approximate surface area is 86.8 Å². The molecule has 0 heterocycles. The lowest BCUT2D eigenvalue weighted by Gasteiger charge is -2.12. The molecule has 84 valence electrons. The summed E-state index contributed by atoms with van der Waals surface area (Å²) in [5.41, 5.74) is 0. The molecular weight excluding hydrogens is 180 g/mol. The van der Waals surface area contributed by atoms with Crippen LogP contribution in [0, 0.1) is 0 Å². The largest absolute Gasteiger partial charge is 0.464 e. The van der Waals surface area contributed by atoms with Crippen LogP contribution in [0.25, 0.3) is 0 Å². The van der Waals surface area contributed by atoms with Crippen LogP contribution in [0.15, 0.2) is 0 Å². The summed E-state index contributed by atoms with van der Waals surface area (Å²) in [5.74, 6) is -0.245. The second kappa shape index (κ2) is 9.00. The van der Waals surface area contributed by atoms with Crippen molar-refractivity contribution in [2.24, 2.45) is 0 Å². The third-order valence-corrected chi connectivity index (χ3v) is 2.11. The minimum absolute atomic E-state index is 0.0933. The van der Waals surface area contributed by atoms with Gasteiger partial charge >= 0.3 is 5.97 Å². The van der Waals surface area contributed by atoms with Crippen molar-refractivity contribution in [2.75, 3.05) is 13.2 Å². The molecule has 0 radical (unpaired) electrons. The Hall–Kier alpha value is -0.570. The zero-order valence-corrected chi connectivity index (χ0v) is 9.54. The molecule has 0 aliphatic heterocycles. The van der Waals surface area contributed by atoms with Crippen molar-refractivity contribution in [1.82, 2.24) is 0 Å². The molecule has 0 aromatic heterocycles. The van der Waals surface area contributed by atoms with Gasteiger partial charge in [0.15, 0.2) is 0 Å². The summed E-state index contributed by atoms with van der Waals surface area (Å²) in [6.07, 6.45) is 4.04. The summed E-state index contributed by atoms with van der Waals surface area (Å²) in [4.78, 5) is 11.1. The highest BCUT2D eigenvalue weighted by molar-refractivity contribution is 5.70. The molecule has 0 N–H and O–H groups in total. The van der Waals surface area contributed by atoms with E-state index < -0.39 is 0 Å². The lowest BCUT2D eigenvalue weighted by molar-refractivity contribution is -0.151. The maximum absolute atomic E-state index is 11.1. The van der Waals surface area contributed by atoms with E-state index in [-0.39, 0.29) is 18.7 Å². The highest BCUT2D eigenvalue weighted by Gasteiger charge is 2.07. The summed E-state index contributed by atoms with van der Waals surface area (Å²) in [6, 6.07) is 0. The number of carbonyl (C=O) groups excluding carboxylic acids is 1. The van der Waals surface area contributed by atoms with Crippen LogP contribution in [-0.4, -0.2) is 25.3 Å². The fraction of sp³-hybridized carbons (Fsp3) is 0.909. The van der Waals surface area contributed by atoms with Crippen molar-refractivity contribution in [3.8, 4) is 0 Å². The standard InChI is InChI=1S/C11H22O3/c1-4-7-8-13-11(12)9-14-10(5-2)6-3/h10H,4-9H2,1-3H3. The van der Waals surface area contributed by atoms with E-state index >= 15 is 0 Å². The average Bonchev–Trinajstić information content (AvgIpc) is 2.20. The summed E-state index contributed by atoms with van der Waals surface area (Å²) >= 11 is 0. The molecule has 0 aliphatic rings. The van der Waals surface area contributed by atoms with Gasteiger partial charge in [-0.2, -0.15) is 0 Å². The fourth-order valence-electron chi connectivity index (χ4n) is 1.08. The van der Waals surface area contributed by atoms with Crippen LogP contribution in [0.2, 0.25) is 0 Å². The normalized spacial score (nSPS) is 10.6. The maximum atomic E-state index is 11.1. The van der Waals surface area contributed by atoms with Crippen LogP contribution in [-0.2, 0) is 14.3 Å². The molecule has 0 atom stereocenters. The molecule has 3 nitrogen and oxygen atoms in total. The Morgan fingerprint density at radius 1 is 1.21 bits per heavy atom. The van der Waals surface area contributed by atoms with Crippen molar-refractivity contribution < 1.29 is 14.3 Å². The van der Waals surface area contributed by atoms with Gasteiger partial charge in [-0.15, -0.1) is 0 Å². The predicted molar refractivity (Wildman–Crippen MR) is 56.2 cm³/mol. The van der Waals surface area contributed by atoms with Crippen molar-refractivity contribution in [1.29, 1.82) is 0 Å². The lowest BCUT2D eigenvalue weighted by atomic mass is 10.2. The molecule has 0 aromatic carbocycles. The molecule has 0 fully saturated rings. The third-order valence-electron chi connectivity index (χ3n) is 2.11. The van der Waals surface area contributed by atoms with Gasteiger partial charge in [0, 0.05) is 0 Å². The Bertz CT molecular complexity index is 141. The minimum atomic E-state index is -0.245. The maximum Gasteiger partial charge on any atom is 0.332 e. The predicted octanol–water partition coefficient (Wildman–Crippen LogP) is 2.53. The number of rotatable bonds is 8. The average molecular weight is 202 g/mol. The first-order chi connectivity index (χ1) is 6.74. The number of hydrogen-bond acceptors (Lipinski definition) is 3. The molecular formula is C11H22O3. The van der Waals surface area contributed by atoms with Crippen molar-refractivity contribution in [3.63, 3.8) is 0 Å². The SMILES string of the molecule is CCCCOC(=O)COC(CC)CC. The first-order valence-corrected chi connectivity index (χ1v) is 5.51. The molecule has 0 aliphatic carbocycles. The van der Waals surface area contributed by atoms with Crippen molar-refractivity contribution in [3.05, 3.63) is 0 Å². The van der Waals surface area contributed by atoms with E-state index in [9.17, 15) is 4.79 Å². The van der Waals surface area contributed by atoms with E-state index in [2.05, 4.69) is 20.8 Å². The van der Waals surface area contributed by atoms with Gasteiger partial charge in [0.1, 0.15) is 6.61 Å². The van der Waals surface area contributed by atoms with Crippen LogP contribution < -0.4 is 0 Å². The summed E-state index contributed by atoms with van der Waals surface area (Å²) in [6.45, 7) is 6.78. The lowest BCUT2D eigenvalue weighted by Crippen LogP contribution is -2.19. The molecule has 0 amide bonds. The molecule has 0 unspecified atom stereocenters. The quantitative estimate of drug-likeness (QED) is 0.448. The minimum Gasteiger partial charge on any atom is -0.464 e. The monoisotopic (exact) mass is 202 g/mol. The van der Waals surface area contributed by atoms with Gasteiger partial charge in [0.2, 0.25) is 0 Å². The van der Waals surface area contributed by atoms with Crippen LogP contribution >= 0.6 is 0 Å². The Balaban J connectivity index is 3.42. The smallest absolute Gasteiger partial charge is 0.332 e. The molecule has 0 saturated heterocycles. The van der Waals surface area contributed by atoms with E-state index in [0.717, 1.165) is 25.7 Å². The van der Waals surface area contributed by atoms with E-state index in [4.69, 9.17) is 9.47 Å². The first kappa shape index (κ1) is 13.4. The molecule has 0 aromatic rings. The Morgan fingerprint density at radius 3 is 2.36 bits per heavy atom. The van der Waals surface area contributed by atoms with Gasteiger partial charge in [-0.25, -0.2) is 4.79 Å². The molecule has 0 bridgehead atoms. The topological polar surface area (TPSA) is 35.5 Å². The van der Waals surface area contributed by atoms with E-state index in [1.807, 2.05) is 0 Å². The highest BCUT2D eigenvalue weighted by Crippen LogP contribution is 2.02. The summed E-state index contributed by atoms with van der Waals surface area (Å²) < 4.78 is 10.3. The van der Waals surface area contributed by atoms with Crippen molar-refractivity contribution in [2.45, 2.75) is 52.6 Å². The van der Waals surface area contributed by atoms with Gasteiger partial charge in [-0.1, -0.05) is 27.2 Å². The zero-order chi connectivity index (χ0) is 10.8. The van der Waals surface area contributed by atoms with Gasteiger partial charge in [-0.3, -0.25) is 0 Å². The second-order valence-corrected chi connectivity index (χ2v) is 3.32. The van der Waals surface area contributed by atoms with Crippen molar-refractivity contribution >= 4 is 5.97 Å². The first-order valence-electron chi connectivity index (χ1n) is 5.51. The molecule has 14 heavy (non-hydrogen) atoms. The van der Waals surface area contributed by atoms with E-state index in [1.54, 1.807) is 0 Å². The second-order valence-electron chi connectivity index (χ2n) is 3.32. The Morgan fingerprint density at radius 2 is 1.86 bits per heavy atom.